The van der Waals surface area contributed by atoms with Crippen LogP contribution in [0.4, 0.5) is 0 Å². The van der Waals surface area contributed by atoms with Crippen LogP contribution in [0.25, 0.3) is 17.0 Å². The van der Waals surface area contributed by atoms with E-state index in [4.69, 9.17) is 14.1 Å². The van der Waals surface area contributed by atoms with E-state index in [1.54, 1.807) is 13.8 Å². The van der Waals surface area contributed by atoms with Gasteiger partial charge in [-0.05, 0) is 89.2 Å². The summed E-state index contributed by atoms with van der Waals surface area (Å²) in [5.74, 6) is -2.21. The molecule has 3 heterocycles. The molecule has 0 radical (unpaired) electrons. The largest absolute Gasteiger partial charge is 0.455 e. The Morgan fingerprint density at radius 2 is 1.70 bits per heavy atom. The van der Waals surface area contributed by atoms with Crippen molar-refractivity contribution in [2.24, 2.45) is 17.3 Å². The third kappa shape index (κ3) is 8.37. The van der Waals surface area contributed by atoms with Gasteiger partial charge in [-0.3, -0.25) is 24.2 Å². The molecule has 1 aromatic carbocycles. The number of Topliss-reactive ketones (excluding diaryl/α,β-unsaturated/α-hetero) is 1. The summed E-state index contributed by atoms with van der Waals surface area (Å²) < 4.78 is 12.9. The van der Waals surface area contributed by atoms with E-state index in [1.807, 2.05) is 77.1 Å². The standard InChI is InChI=1S/C39H58N4O6Si/c1-24(2)29-23-33(44)39(10,38(8,9)49-50(11,12)37(5,6)7)20-19-27-15-16-28-17-18-30(41-32(28)22-27)26(4)48-36(47)31-14-13-21-43(42-31)35(46)25(3)40-34(29)45/h15-20,22,24-26,29,31,42H,13-14,21,23H2,1-12H3,(H,40,45)/b20-19+/t25-,26+,29-,31-,39?/m0/s1. The minimum absolute atomic E-state index is 0.0358. The molecule has 10 nitrogen and oxygen atoms in total. The van der Waals surface area contributed by atoms with Gasteiger partial charge in [0.05, 0.1) is 22.2 Å². The van der Waals surface area contributed by atoms with E-state index in [9.17, 15) is 19.2 Å². The molecule has 274 valence electrons. The number of hydrogen-bond acceptors (Lipinski definition) is 8. The van der Waals surface area contributed by atoms with Crippen LogP contribution in [-0.2, 0) is 28.3 Å². The molecule has 5 bridgehead atoms. The first-order valence-corrected chi connectivity index (χ1v) is 20.9. The summed E-state index contributed by atoms with van der Waals surface area (Å²) in [5.41, 5.74) is 3.13. The third-order valence-corrected chi connectivity index (χ3v) is 15.8. The number of rotatable bonds is 4. The number of esters is 1. The molecular formula is C39H58N4O6Si. The number of nitrogens with zero attached hydrogens (tertiary/aromatic N) is 2. The zero-order chi connectivity index (χ0) is 37.4. The molecule has 1 saturated heterocycles. The molecule has 2 aliphatic rings. The summed E-state index contributed by atoms with van der Waals surface area (Å²) in [6.07, 6.45) is 4.27. The van der Waals surface area contributed by atoms with Gasteiger partial charge in [0, 0.05) is 24.3 Å². The molecule has 0 saturated carbocycles. The van der Waals surface area contributed by atoms with E-state index in [0.717, 1.165) is 16.5 Å². The number of hydrogen-bond donors (Lipinski definition) is 2. The monoisotopic (exact) mass is 706 g/mol. The Hall–Kier alpha value is -3.41. The topological polar surface area (TPSA) is 127 Å². The maximum atomic E-state index is 14.7. The first kappa shape index (κ1) is 39.4. The molecule has 4 rings (SSSR count). The van der Waals surface area contributed by atoms with Crippen LogP contribution in [0, 0.1) is 17.3 Å². The summed E-state index contributed by atoms with van der Waals surface area (Å²) in [5, 5.41) is 5.09. The lowest BCUT2D eigenvalue weighted by atomic mass is 9.69. The second-order valence-corrected chi connectivity index (χ2v) is 21.4. The minimum Gasteiger partial charge on any atom is -0.455 e. The summed E-state index contributed by atoms with van der Waals surface area (Å²) in [6, 6.07) is 8.10. The Morgan fingerprint density at radius 3 is 2.34 bits per heavy atom. The Morgan fingerprint density at radius 1 is 1.04 bits per heavy atom. The summed E-state index contributed by atoms with van der Waals surface area (Å²) in [4.78, 5) is 60.2. The van der Waals surface area contributed by atoms with Crippen LogP contribution in [-0.4, -0.2) is 66.1 Å². The van der Waals surface area contributed by atoms with Gasteiger partial charge in [0.15, 0.2) is 8.32 Å². The Kier molecular flexibility index (Phi) is 11.6. The van der Waals surface area contributed by atoms with Crippen molar-refractivity contribution in [1.29, 1.82) is 0 Å². The lowest BCUT2D eigenvalue weighted by Crippen LogP contribution is -2.60. The highest BCUT2D eigenvalue weighted by molar-refractivity contribution is 6.74. The highest BCUT2D eigenvalue weighted by atomic mass is 28.4. The number of aromatic nitrogens is 1. The Balaban J connectivity index is 1.84. The van der Waals surface area contributed by atoms with Crippen molar-refractivity contribution in [3.63, 3.8) is 0 Å². The van der Waals surface area contributed by atoms with Crippen LogP contribution in [0.1, 0.15) is 106 Å². The van der Waals surface area contributed by atoms with Gasteiger partial charge in [-0.2, -0.15) is 0 Å². The number of hydrazine groups is 1. The zero-order valence-corrected chi connectivity index (χ0v) is 33.1. The fourth-order valence-electron chi connectivity index (χ4n) is 6.36. The number of ether oxygens (including phenoxy) is 1. The van der Waals surface area contributed by atoms with Crippen molar-refractivity contribution in [2.45, 2.75) is 130 Å². The molecule has 2 aliphatic heterocycles. The van der Waals surface area contributed by atoms with Crippen LogP contribution in [0.2, 0.25) is 18.1 Å². The second-order valence-electron chi connectivity index (χ2n) is 16.7. The molecule has 1 aromatic heterocycles. The smallest absolute Gasteiger partial charge is 0.325 e. The highest BCUT2D eigenvalue weighted by Gasteiger charge is 2.52. The number of benzene rings is 1. The summed E-state index contributed by atoms with van der Waals surface area (Å²) in [7, 11) is -2.36. The molecule has 2 aromatic rings. The average molecular weight is 707 g/mol. The van der Waals surface area contributed by atoms with E-state index >= 15 is 0 Å². The van der Waals surface area contributed by atoms with Crippen molar-refractivity contribution in [3.8, 4) is 0 Å². The number of carbonyl (C=O) groups excluding carboxylic acids is 4. The van der Waals surface area contributed by atoms with Crippen LogP contribution in [0.15, 0.2) is 36.4 Å². The van der Waals surface area contributed by atoms with Gasteiger partial charge in [-0.1, -0.05) is 65.0 Å². The summed E-state index contributed by atoms with van der Waals surface area (Å²) >= 11 is 0. The maximum Gasteiger partial charge on any atom is 0.325 e. The number of cyclic esters (lactones) is 1. The minimum atomic E-state index is -2.36. The number of carbonyl (C=O) groups is 4. The van der Waals surface area contributed by atoms with E-state index in [2.05, 4.69) is 44.6 Å². The van der Waals surface area contributed by atoms with Crippen molar-refractivity contribution < 1.29 is 28.3 Å². The van der Waals surface area contributed by atoms with Gasteiger partial charge in [0.25, 0.3) is 5.91 Å². The number of amides is 2. The lowest BCUT2D eigenvalue weighted by Gasteiger charge is -2.49. The first-order valence-electron chi connectivity index (χ1n) is 18.0. The molecule has 1 fully saturated rings. The lowest BCUT2D eigenvalue weighted by molar-refractivity contribution is -0.157. The molecular weight excluding hydrogens is 649 g/mol. The van der Waals surface area contributed by atoms with E-state index < -0.39 is 49.4 Å². The van der Waals surface area contributed by atoms with Crippen LogP contribution in [0.5, 0.6) is 0 Å². The second kappa shape index (κ2) is 14.7. The molecule has 2 N–H and O–H groups in total. The van der Waals surface area contributed by atoms with Gasteiger partial charge in [0.2, 0.25) is 5.91 Å². The normalized spacial score (nSPS) is 27.3. The maximum absolute atomic E-state index is 14.7. The van der Waals surface area contributed by atoms with Crippen LogP contribution < -0.4 is 10.7 Å². The number of ketones is 1. The number of fused-ring (bicyclic) bond motifs is 4. The van der Waals surface area contributed by atoms with E-state index in [1.165, 1.54) is 5.01 Å². The number of nitrogens with one attached hydrogen (secondary N) is 2. The average Bonchev–Trinajstić information content (AvgIpc) is 3.03. The van der Waals surface area contributed by atoms with Gasteiger partial charge in [-0.15, -0.1) is 0 Å². The third-order valence-electron chi connectivity index (χ3n) is 11.2. The fraction of sp³-hybridized carbons (Fsp3) is 0.615. The Bertz CT molecular complexity index is 1650. The van der Waals surface area contributed by atoms with E-state index in [0.29, 0.717) is 25.1 Å². The molecule has 5 atom stereocenters. The molecule has 0 spiro atoms. The quantitative estimate of drug-likeness (QED) is 0.260. The van der Waals surface area contributed by atoms with E-state index in [-0.39, 0.29) is 35.0 Å². The van der Waals surface area contributed by atoms with Crippen molar-refractivity contribution in [1.82, 2.24) is 20.7 Å². The molecule has 50 heavy (non-hydrogen) atoms. The van der Waals surface area contributed by atoms with Crippen molar-refractivity contribution in [3.05, 3.63) is 47.7 Å². The van der Waals surface area contributed by atoms with Gasteiger partial charge in [-0.25, -0.2) is 10.4 Å². The van der Waals surface area contributed by atoms with Gasteiger partial charge < -0.3 is 14.5 Å². The van der Waals surface area contributed by atoms with Crippen molar-refractivity contribution in [2.75, 3.05) is 6.54 Å². The number of pyridine rings is 1. The predicted octanol–water partition coefficient (Wildman–Crippen LogP) is 6.90. The predicted molar refractivity (Wildman–Crippen MR) is 199 cm³/mol. The van der Waals surface area contributed by atoms with Gasteiger partial charge in [0.1, 0.15) is 24.0 Å². The van der Waals surface area contributed by atoms with Gasteiger partial charge >= 0.3 is 5.97 Å². The molecule has 0 aliphatic carbocycles. The van der Waals surface area contributed by atoms with Crippen molar-refractivity contribution >= 4 is 48.9 Å². The molecule has 11 heteroatoms. The zero-order valence-electron chi connectivity index (χ0n) is 32.1. The highest BCUT2D eigenvalue weighted by Crippen LogP contribution is 2.46. The fourth-order valence-corrected chi connectivity index (χ4v) is 8.15. The van der Waals surface area contributed by atoms with Crippen LogP contribution in [0.3, 0.4) is 0 Å². The van der Waals surface area contributed by atoms with Crippen LogP contribution >= 0.6 is 0 Å². The molecule has 1 unspecified atom stereocenters. The molecule has 2 amide bonds. The Labute approximate surface area is 299 Å². The summed E-state index contributed by atoms with van der Waals surface area (Å²) in [6.45, 7) is 24.3. The SMILES string of the molecule is CC(C)[C@@H]1CC(=O)C(C)(C(C)(C)O[Si](C)(C)C(C)(C)C)/C=C/c2ccc3ccc(nc3c2)[C@@H](C)OC(=O)[C@@H]2CCCN(N2)C(=O)[C@H](C)NC1=O. The first-order chi connectivity index (χ1) is 23.1.